The van der Waals surface area contributed by atoms with Crippen LogP contribution in [0, 0.1) is 5.82 Å². The van der Waals surface area contributed by atoms with E-state index in [1.54, 1.807) is 7.05 Å². The molecule has 0 fully saturated rings. The highest BCUT2D eigenvalue weighted by molar-refractivity contribution is 7.88. The van der Waals surface area contributed by atoms with Crippen LogP contribution in [0.4, 0.5) is 17.6 Å². The molecule has 10 heteroatoms. The van der Waals surface area contributed by atoms with E-state index in [9.17, 15) is 26.0 Å². The van der Waals surface area contributed by atoms with E-state index in [1.165, 1.54) is 23.1 Å². The van der Waals surface area contributed by atoms with Gasteiger partial charge in [0.1, 0.15) is 0 Å². The molecule has 0 radical (unpaired) electrons. The van der Waals surface area contributed by atoms with Crippen molar-refractivity contribution >= 4 is 10.1 Å². The van der Waals surface area contributed by atoms with Crippen molar-refractivity contribution in [2.45, 2.75) is 5.51 Å². The highest BCUT2D eigenvalue weighted by atomic mass is 32.2. The molecule has 0 amide bonds. The lowest BCUT2D eigenvalue weighted by Crippen LogP contribution is -2.28. The summed E-state index contributed by atoms with van der Waals surface area (Å²) in [4.78, 5) is 0. The lowest BCUT2D eigenvalue weighted by Gasteiger charge is -2.10. The van der Waals surface area contributed by atoms with Crippen molar-refractivity contribution in [1.29, 1.82) is 0 Å². The van der Waals surface area contributed by atoms with E-state index in [0.717, 1.165) is 12.1 Å². The summed E-state index contributed by atoms with van der Waals surface area (Å²) in [7, 11) is -4.32. The van der Waals surface area contributed by atoms with Gasteiger partial charge in [-0.25, -0.2) is 4.39 Å². The zero-order chi connectivity index (χ0) is 15.8. The number of alkyl halides is 3. The summed E-state index contributed by atoms with van der Waals surface area (Å²) < 4.78 is 77.1. The van der Waals surface area contributed by atoms with Crippen LogP contribution in [0.1, 0.15) is 0 Å². The quantitative estimate of drug-likeness (QED) is 0.494. The molecule has 0 saturated heterocycles. The fourth-order valence-corrected chi connectivity index (χ4v) is 1.94. The summed E-state index contributed by atoms with van der Waals surface area (Å²) in [5.74, 6) is -2.26. The normalized spacial score (nSPS) is 12.4. The Kier molecular flexibility index (Phi) is 3.66. The molecule has 0 unspecified atom stereocenters. The summed E-state index contributed by atoms with van der Waals surface area (Å²) in [5, 5.41) is 3.84. The maximum Gasteiger partial charge on any atom is 0.534 e. The predicted molar refractivity (Wildman–Crippen MR) is 64.2 cm³/mol. The van der Waals surface area contributed by atoms with Gasteiger partial charge in [0.15, 0.2) is 11.6 Å². The smallest absolute Gasteiger partial charge is 0.373 e. The summed E-state index contributed by atoms with van der Waals surface area (Å²) in [6, 6.07) is 2.93. The van der Waals surface area contributed by atoms with Gasteiger partial charge in [-0.2, -0.15) is 26.7 Å². The topological polar surface area (TPSA) is 61.2 Å². The minimum atomic E-state index is -5.93. The Morgan fingerprint density at radius 1 is 1.24 bits per heavy atom. The van der Waals surface area contributed by atoms with Crippen molar-refractivity contribution in [3.05, 3.63) is 36.4 Å². The van der Waals surface area contributed by atoms with Crippen molar-refractivity contribution < 1.29 is 30.2 Å². The molecule has 1 aromatic carbocycles. The molecule has 2 aromatic rings. The molecule has 0 spiro atoms. The number of benzene rings is 1. The van der Waals surface area contributed by atoms with E-state index in [1.807, 2.05) is 0 Å². The second kappa shape index (κ2) is 5.02. The molecule has 2 rings (SSSR count). The Bertz CT molecular complexity index is 768. The minimum absolute atomic E-state index is 0.261. The van der Waals surface area contributed by atoms with Crippen LogP contribution in [-0.2, 0) is 17.2 Å². The zero-order valence-electron chi connectivity index (χ0n) is 10.4. The molecule has 0 bridgehead atoms. The number of rotatable bonds is 3. The molecular formula is C11H8F4N2O3S. The van der Waals surface area contributed by atoms with Crippen LogP contribution in [0.15, 0.2) is 30.6 Å². The highest BCUT2D eigenvalue weighted by Crippen LogP contribution is 2.31. The van der Waals surface area contributed by atoms with Gasteiger partial charge < -0.3 is 4.18 Å². The average molecular weight is 324 g/mol. The van der Waals surface area contributed by atoms with Crippen LogP contribution in [-0.4, -0.2) is 23.7 Å². The number of aryl methyl sites for hydroxylation is 1. The second-order valence-electron chi connectivity index (χ2n) is 4.03. The van der Waals surface area contributed by atoms with Gasteiger partial charge in [0.2, 0.25) is 0 Å². The first-order valence-corrected chi connectivity index (χ1v) is 6.80. The molecule has 0 aliphatic rings. The maximum atomic E-state index is 13.4. The number of aromatic nitrogens is 2. The number of hydrogen-bond donors (Lipinski definition) is 0. The van der Waals surface area contributed by atoms with Crippen molar-refractivity contribution in [2.75, 3.05) is 0 Å². The van der Waals surface area contributed by atoms with Crippen molar-refractivity contribution in [1.82, 2.24) is 9.78 Å². The Balaban J connectivity index is 2.41. The minimum Gasteiger partial charge on any atom is -0.373 e. The van der Waals surface area contributed by atoms with Gasteiger partial charge in [0, 0.05) is 18.8 Å². The monoisotopic (exact) mass is 324 g/mol. The van der Waals surface area contributed by atoms with E-state index in [4.69, 9.17) is 0 Å². The van der Waals surface area contributed by atoms with E-state index in [0.29, 0.717) is 5.56 Å². The molecule has 21 heavy (non-hydrogen) atoms. The Labute approximate surface area is 116 Å². The fraction of sp³-hybridized carbons (Fsp3) is 0.182. The molecule has 0 atom stereocenters. The van der Waals surface area contributed by atoms with E-state index >= 15 is 0 Å². The van der Waals surface area contributed by atoms with Crippen molar-refractivity contribution in [3.8, 4) is 16.9 Å². The predicted octanol–water partition coefficient (Wildman–Crippen LogP) is 2.45. The standard InChI is InChI=1S/C11H8F4N2O3S/c1-17-6-8(5-16-17)7-2-3-9(12)10(4-7)20-21(18,19)11(13,14)15/h2-6H,1H3. The molecule has 1 heterocycles. The number of nitrogens with zero attached hydrogens (tertiary/aromatic N) is 2. The lowest BCUT2D eigenvalue weighted by molar-refractivity contribution is -0.0500. The van der Waals surface area contributed by atoms with Crippen LogP contribution < -0.4 is 4.18 Å². The van der Waals surface area contributed by atoms with Crippen LogP contribution in [0.3, 0.4) is 0 Å². The highest BCUT2D eigenvalue weighted by Gasteiger charge is 2.48. The van der Waals surface area contributed by atoms with E-state index in [2.05, 4.69) is 9.28 Å². The molecule has 0 aliphatic carbocycles. The van der Waals surface area contributed by atoms with Crippen LogP contribution in [0.25, 0.3) is 11.1 Å². The summed E-state index contributed by atoms with van der Waals surface area (Å²) in [6.07, 6.45) is 2.91. The SMILES string of the molecule is Cn1cc(-c2ccc(F)c(OS(=O)(=O)C(F)(F)F)c2)cn1. The first-order chi connectivity index (χ1) is 9.60. The molecular weight excluding hydrogens is 316 g/mol. The zero-order valence-corrected chi connectivity index (χ0v) is 11.2. The van der Waals surface area contributed by atoms with Gasteiger partial charge in [0.05, 0.1) is 6.20 Å². The number of halogens is 4. The van der Waals surface area contributed by atoms with E-state index < -0.39 is 27.2 Å². The van der Waals surface area contributed by atoms with Crippen molar-refractivity contribution in [3.63, 3.8) is 0 Å². The van der Waals surface area contributed by atoms with Gasteiger partial charge >= 0.3 is 15.6 Å². The molecule has 1 aromatic heterocycles. The number of hydrogen-bond acceptors (Lipinski definition) is 4. The van der Waals surface area contributed by atoms with Gasteiger partial charge in [-0.15, -0.1) is 0 Å². The Morgan fingerprint density at radius 2 is 1.90 bits per heavy atom. The maximum absolute atomic E-state index is 13.4. The van der Waals surface area contributed by atoms with Crippen LogP contribution >= 0.6 is 0 Å². The van der Waals surface area contributed by atoms with Gasteiger partial charge in [0.25, 0.3) is 0 Å². The summed E-state index contributed by atoms with van der Waals surface area (Å²) in [6.45, 7) is 0. The molecule has 5 nitrogen and oxygen atoms in total. The third-order valence-electron chi connectivity index (χ3n) is 2.45. The van der Waals surface area contributed by atoms with Crippen molar-refractivity contribution in [2.24, 2.45) is 7.05 Å². The first kappa shape index (κ1) is 15.3. The second-order valence-corrected chi connectivity index (χ2v) is 5.57. The molecule has 114 valence electrons. The Hall–Kier alpha value is -2.10. The third kappa shape index (κ3) is 3.15. The van der Waals surface area contributed by atoms with Gasteiger partial charge in [-0.3, -0.25) is 4.68 Å². The third-order valence-corrected chi connectivity index (χ3v) is 3.42. The molecule has 0 N–H and O–H groups in total. The lowest BCUT2D eigenvalue weighted by atomic mass is 10.1. The first-order valence-electron chi connectivity index (χ1n) is 5.39. The average Bonchev–Trinajstić information content (AvgIpc) is 2.77. The van der Waals surface area contributed by atoms with Gasteiger partial charge in [-0.05, 0) is 17.7 Å². The fourth-order valence-electron chi connectivity index (χ4n) is 1.48. The van der Waals surface area contributed by atoms with E-state index in [-0.39, 0.29) is 5.56 Å². The molecule has 0 saturated carbocycles. The Morgan fingerprint density at radius 3 is 2.43 bits per heavy atom. The summed E-state index contributed by atoms with van der Waals surface area (Å²) >= 11 is 0. The molecule has 0 aliphatic heterocycles. The largest absolute Gasteiger partial charge is 0.534 e. The van der Waals surface area contributed by atoms with Gasteiger partial charge in [-0.1, -0.05) is 6.07 Å². The summed E-state index contributed by atoms with van der Waals surface area (Å²) in [5.41, 5.74) is -4.91. The van der Waals surface area contributed by atoms with Crippen LogP contribution in [0.2, 0.25) is 0 Å². The van der Waals surface area contributed by atoms with Crippen LogP contribution in [0.5, 0.6) is 5.75 Å².